The maximum atomic E-state index is 7.74. The van der Waals surface area contributed by atoms with E-state index in [0.29, 0.717) is 22.3 Å². The molecule has 12 nitrogen and oxygen atoms in total. The van der Waals surface area contributed by atoms with E-state index >= 15 is 0 Å². The average Bonchev–Trinajstić information content (AvgIpc) is 2.91. The summed E-state index contributed by atoms with van der Waals surface area (Å²) < 4.78 is 0. The zero-order chi connectivity index (χ0) is 24.2. The van der Waals surface area contributed by atoms with Crippen LogP contribution in [-0.4, -0.2) is 54.2 Å². The number of pyridine rings is 4. The van der Waals surface area contributed by atoms with Crippen molar-refractivity contribution in [2.24, 2.45) is 9.98 Å². The quantitative estimate of drug-likeness (QED) is 0.207. The van der Waals surface area contributed by atoms with Crippen LogP contribution in [0.25, 0.3) is 11.5 Å². The monoisotopic (exact) mass is 590 g/mol. The van der Waals surface area contributed by atoms with Gasteiger partial charge in [0.2, 0.25) is 0 Å². The molecule has 0 atom stereocenters. The van der Waals surface area contributed by atoms with Gasteiger partial charge in [0.1, 0.15) is 0 Å². The smallest absolute Gasteiger partial charge is 0.481 e. The zero-order valence-electron chi connectivity index (χ0n) is 19.2. The van der Waals surface area contributed by atoms with Gasteiger partial charge in [-0.1, -0.05) is 35.9 Å². The third-order valence-corrected chi connectivity index (χ3v) is 4.19. The Labute approximate surface area is 227 Å². The number of hydrogen-bond acceptors (Lipinski definition) is 6. The first kappa shape index (κ1) is 32.5. The molecule has 0 aromatic carbocycles. The Bertz CT molecular complexity index is 1190. The minimum atomic E-state index is 0. The molecule has 0 aliphatic carbocycles. The number of aromatic nitrogens is 4. The molecule has 0 spiro atoms. The summed E-state index contributed by atoms with van der Waals surface area (Å²) in [6.07, 6.45) is 12.7. The molecule has 4 aromatic heterocycles. The van der Waals surface area contributed by atoms with Crippen LogP contribution in [0.2, 0.25) is 0 Å². The van der Waals surface area contributed by atoms with Gasteiger partial charge in [-0.05, 0) is 35.4 Å². The summed E-state index contributed by atoms with van der Waals surface area (Å²) in [6, 6.07) is 13.8. The van der Waals surface area contributed by atoms with E-state index in [4.69, 9.17) is 22.3 Å². The molecule has 0 aliphatic heterocycles. The maximum Gasteiger partial charge on any atom is 2.00 e. The standard InChI is InChI=1S/2C12H10N5.2H2O.Pd/c2*13-11(9-3-1-5-15-7-9)17-12(14)10-4-2-6-16-8-10;;;/h2*1-8H,(H2-,13,14,17);2*1H2;/q2*-1;;;+2. The zero-order valence-corrected chi connectivity index (χ0v) is 20.8. The Hall–Kier alpha value is -4.54. The molecule has 0 radical (unpaired) electrons. The molecular formula is C24H24N10O2Pd. The molecule has 0 aliphatic rings. The van der Waals surface area contributed by atoms with Crippen molar-refractivity contribution in [1.29, 1.82) is 10.8 Å². The van der Waals surface area contributed by atoms with Gasteiger partial charge >= 0.3 is 20.4 Å². The van der Waals surface area contributed by atoms with Crippen molar-refractivity contribution >= 4 is 23.3 Å². The van der Waals surface area contributed by atoms with Crippen molar-refractivity contribution in [2.75, 3.05) is 0 Å². The number of nitrogens with one attached hydrogen (secondary N) is 4. The molecule has 0 saturated heterocycles. The fourth-order valence-corrected chi connectivity index (χ4v) is 2.49. The Morgan fingerprint density at radius 3 is 1.05 bits per heavy atom. The minimum Gasteiger partial charge on any atom is -0.481 e. The fraction of sp³-hybridized carbons (Fsp3) is 0. The van der Waals surface area contributed by atoms with Crippen LogP contribution in [0.15, 0.2) is 108 Å². The van der Waals surface area contributed by atoms with E-state index < -0.39 is 0 Å². The molecule has 0 unspecified atom stereocenters. The van der Waals surface area contributed by atoms with Gasteiger partial charge < -0.3 is 43.2 Å². The van der Waals surface area contributed by atoms with Gasteiger partial charge in [0.05, 0.1) is 11.7 Å². The fourth-order valence-electron chi connectivity index (χ4n) is 2.49. The first-order valence-corrected chi connectivity index (χ1v) is 9.94. The second-order valence-corrected chi connectivity index (χ2v) is 6.58. The topological polar surface area (TPSA) is 235 Å². The van der Waals surface area contributed by atoms with E-state index in [1.54, 1.807) is 98.1 Å². The molecule has 4 aromatic rings. The van der Waals surface area contributed by atoms with Crippen LogP contribution in [-0.2, 0) is 20.4 Å². The van der Waals surface area contributed by atoms with Crippen LogP contribution >= 0.6 is 0 Å². The van der Waals surface area contributed by atoms with E-state index in [9.17, 15) is 0 Å². The Morgan fingerprint density at radius 2 is 0.811 bits per heavy atom. The van der Waals surface area contributed by atoms with E-state index in [-0.39, 0.29) is 54.7 Å². The Balaban J connectivity index is 0.000000648. The molecule has 8 N–H and O–H groups in total. The van der Waals surface area contributed by atoms with Crippen LogP contribution in [0.4, 0.5) is 0 Å². The van der Waals surface area contributed by atoms with Crippen LogP contribution in [0, 0.1) is 10.8 Å². The van der Waals surface area contributed by atoms with Crippen molar-refractivity contribution in [3.63, 3.8) is 0 Å². The van der Waals surface area contributed by atoms with E-state index in [1.807, 2.05) is 0 Å². The normalized spacial score (nSPS) is 10.3. The average molecular weight is 591 g/mol. The summed E-state index contributed by atoms with van der Waals surface area (Å²) in [4.78, 5) is 23.4. The van der Waals surface area contributed by atoms with Crippen LogP contribution in [0.3, 0.4) is 0 Å². The predicted octanol–water partition coefficient (Wildman–Crippen LogP) is 2.95. The van der Waals surface area contributed by atoms with Gasteiger partial charge in [-0.15, -0.1) is 0 Å². The van der Waals surface area contributed by atoms with Gasteiger partial charge in [-0.2, -0.15) is 0 Å². The Morgan fingerprint density at radius 1 is 0.541 bits per heavy atom. The van der Waals surface area contributed by atoms with Crippen molar-refractivity contribution in [2.45, 2.75) is 0 Å². The molecule has 13 heteroatoms. The van der Waals surface area contributed by atoms with Gasteiger partial charge in [0.25, 0.3) is 0 Å². The number of nitrogens with zero attached hydrogens (tertiary/aromatic N) is 6. The molecule has 0 amide bonds. The summed E-state index contributed by atoms with van der Waals surface area (Å²) in [5.74, 6) is 0.0813. The summed E-state index contributed by atoms with van der Waals surface area (Å²) in [7, 11) is 0. The summed E-state index contributed by atoms with van der Waals surface area (Å²) in [6.45, 7) is 0. The number of aliphatic imine (C=N–C) groups is 2. The summed E-state index contributed by atoms with van der Waals surface area (Å²) >= 11 is 0. The molecule has 4 rings (SSSR count). The number of amidine groups is 4. The first-order chi connectivity index (χ1) is 16.5. The first-order valence-electron chi connectivity index (χ1n) is 9.94. The molecule has 192 valence electrons. The molecule has 0 fully saturated rings. The predicted molar refractivity (Wildman–Crippen MR) is 140 cm³/mol. The number of rotatable bonds is 4. The molecule has 37 heavy (non-hydrogen) atoms. The molecule has 0 bridgehead atoms. The maximum absolute atomic E-state index is 7.74. The third-order valence-electron chi connectivity index (χ3n) is 4.19. The summed E-state index contributed by atoms with van der Waals surface area (Å²) in [5, 5.41) is 15.5. The van der Waals surface area contributed by atoms with Gasteiger partial charge in [-0.25, -0.2) is 0 Å². The molecule has 4 heterocycles. The van der Waals surface area contributed by atoms with Crippen molar-refractivity contribution in [3.8, 4) is 0 Å². The second kappa shape index (κ2) is 17.0. The number of hydrogen-bond donors (Lipinski definition) is 2. The van der Waals surface area contributed by atoms with Crippen LogP contribution < -0.4 is 0 Å². The van der Waals surface area contributed by atoms with E-state index in [2.05, 4.69) is 29.9 Å². The molecular weight excluding hydrogens is 567 g/mol. The summed E-state index contributed by atoms with van der Waals surface area (Å²) in [5.41, 5.74) is 17.8. The minimum absolute atomic E-state index is 0. The Kier molecular flexibility index (Phi) is 14.9. The van der Waals surface area contributed by atoms with Crippen molar-refractivity contribution < 1.29 is 31.4 Å². The van der Waals surface area contributed by atoms with Crippen LogP contribution in [0.5, 0.6) is 0 Å². The largest absolute Gasteiger partial charge is 2.00 e. The van der Waals surface area contributed by atoms with E-state index in [1.165, 1.54) is 0 Å². The van der Waals surface area contributed by atoms with Gasteiger partial charge in [0, 0.05) is 60.7 Å². The second-order valence-electron chi connectivity index (χ2n) is 6.58. The third kappa shape index (κ3) is 10.3. The van der Waals surface area contributed by atoms with Crippen LogP contribution in [0.1, 0.15) is 22.3 Å². The van der Waals surface area contributed by atoms with Crippen molar-refractivity contribution in [1.82, 2.24) is 19.9 Å². The van der Waals surface area contributed by atoms with E-state index in [0.717, 1.165) is 0 Å². The molecule has 0 saturated carbocycles. The van der Waals surface area contributed by atoms with Gasteiger partial charge in [-0.3, -0.25) is 19.9 Å². The SMILES string of the molecule is N=C(N=C([NH-])c1cccnc1)c1cccnc1.N=C(N=C([NH-])c1cccnc1)c1cccnc1.O.O.[Pd+2]. The van der Waals surface area contributed by atoms with Crippen molar-refractivity contribution in [3.05, 3.63) is 132 Å². The van der Waals surface area contributed by atoms with Gasteiger partial charge in [0.15, 0.2) is 0 Å².